The molecule has 0 amide bonds. The monoisotopic (exact) mass is 296 g/mol. The van der Waals surface area contributed by atoms with Gasteiger partial charge in [-0.25, -0.2) is 8.42 Å². The van der Waals surface area contributed by atoms with E-state index in [9.17, 15) is 8.42 Å². The van der Waals surface area contributed by atoms with Gasteiger partial charge < -0.3 is 0 Å². The Morgan fingerprint density at radius 3 is 2.60 bits per heavy atom. The molecule has 4 nitrogen and oxygen atoms in total. The fraction of sp³-hybridized carbons (Fsp3) is 0.600. The van der Waals surface area contributed by atoms with Crippen molar-refractivity contribution in [1.29, 1.82) is 0 Å². The van der Waals surface area contributed by atoms with E-state index < -0.39 is 9.84 Å². The van der Waals surface area contributed by atoms with Gasteiger partial charge in [0, 0.05) is 12.3 Å². The molecule has 3 N–H and O–H groups in total. The first-order chi connectivity index (χ1) is 9.43. The second-order valence-corrected chi connectivity index (χ2v) is 8.20. The summed E-state index contributed by atoms with van der Waals surface area (Å²) in [6.45, 7) is 2.07. The maximum absolute atomic E-state index is 11.8. The number of nitrogens with one attached hydrogen (secondary N) is 1. The van der Waals surface area contributed by atoms with E-state index in [1.54, 1.807) is 0 Å². The SMILES string of the molecule is Cc1ccccc1C(NN)C1CCCC(S(C)(=O)=O)C1. The highest BCUT2D eigenvalue weighted by atomic mass is 32.2. The largest absolute Gasteiger partial charge is 0.271 e. The summed E-state index contributed by atoms with van der Waals surface area (Å²) in [4.78, 5) is 0. The van der Waals surface area contributed by atoms with E-state index in [-0.39, 0.29) is 17.2 Å². The van der Waals surface area contributed by atoms with E-state index in [0.29, 0.717) is 6.42 Å². The molecule has 1 aromatic carbocycles. The van der Waals surface area contributed by atoms with Crippen molar-refractivity contribution < 1.29 is 8.42 Å². The first-order valence-electron chi connectivity index (χ1n) is 7.14. The van der Waals surface area contributed by atoms with Crippen molar-refractivity contribution in [3.63, 3.8) is 0 Å². The Balaban J connectivity index is 2.22. The van der Waals surface area contributed by atoms with E-state index in [1.165, 1.54) is 17.4 Å². The molecule has 1 aliphatic carbocycles. The molecule has 0 spiro atoms. The summed E-state index contributed by atoms with van der Waals surface area (Å²) in [6.07, 6.45) is 4.79. The first-order valence-corrected chi connectivity index (χ1v) is 9.09. The molecule has 1 aromatic rings. The van der Waals surface area contributed by atoms with Gasteiger partial charge in [-0.2, -0.15) is 0 Å². The lowest BCUT2D eigenvalue weighted by Gasteiger charge is -2.34. The fourth-order valence-corrected chi connectivity index (χ4v) is 4.48. The molecular weight excluding hydrogens is 272 g/mol. The molecular formula is C15H24N2O2S. The highest BCUT2D eigenvalue weighted by Crippen LogP contribution is 2.37. The molecule has 0 aromatic heterocycles. The number of rotatable bonds is 4. The van der Waals surface area contributed by atoms with E-state index in [0.717, 1.165) is 19.3 Å². The van der Waals surface area contributed by atoms with E-state index in [1.807, 2.05) is 12.1 Å². The lowest BCUT2D eigenvalue weighted by molar-refractivity contribution is 0.274. The third kappa shape index (κ3) is 3.40. The van der Waals surface area contributed by atoms with Gasteiger partial charge in [-0.05, 0) is 43.2 Å². The Morgan fingerprint density at radius 2 is 2.00 bits per heavy atom. The molecule has 1 saturated carbocycles. The number of sulfone groups is 1. The maximum Gasteiger partial charge on any atom is 0.150 e. The number of hydrogen-bond donors (Lipinski definition) is 2. The minimum Gasteiger partial charge on any atom is -0.271 e. The van der Waals surface area contributed by atoms with Crippen LogP contribution in [0.3, 0.4) is 0 Å². The molecule has 2 rings (SSSR count). The van der Waals surface area contributed by atoms with Gasteiger partial charge in [0.1, 0.15) is 9.84 Å². The Morgan fingerprint density at radius 1 is 1.30 bits per heavy atom. The van der Waals surface area contributed by atoms with Gasteiger partial charge in [-0.3, -0.25) is 11.3 Å². The van der Waals surface area contributed by atoms with Gasteiger partial charge in [-0.1, -0.05) is 30.7 Å². The average molecular weight is 296 g/mol. The normalized spacial score (nSPS) is 25.4. The van der Waals surface area contributed by atoms with Crippen molar-refractivity contribution in [2.24, 2.45) is 11.8 Å². The predicted octanol–water partition coefficient (Wildman–Crippen LogP) is 2.10. The summed E-state index contributed by atoms with van der Waals surface area (Å²) >= 11 is 0. The van der Waals surface area contributed by atoms with Gasteiger partial charge in [0.05, 0.1) is 5.25 Å². The van der Waals surface area contributed by atoms with Gasteiger partial charge in [0.25, 0.3) is 0 Å². The van der Waals surface area contributed by atoms with E-state index in [4.69, 9.17) is 5.84 Å². The van der Waals surface area contributed by atoms with Crippen molar-refractivity contribution in [2.75, 3.05) is 6.26 Å². The predicted molar refractivity (Wildman–Crippen MR) is 81.8 cm³/mol. The molecule has 20 heavy (non-hydrogen) atoms. The van der Waals surface area contributed by atoms with Gasteiger partial charge in [0.2, 0.25) is 0 Å². The molecule has 3 unspecified atom stereocenters. The van der Waals surface area contributed by atoms with E-state index >= 15 is 0 Å². The lowest BCUT2D eigenvalue weighted by atomic mass is 9.80. The van der Waals surface area contributed by atoms with Crippen molar-refractivity contribution in [3.8, 4) is 0 Å². The second-order valence-electron chi connectivity index (χ2n) is 5.88. The van der Waals surface area contributed by atoms with Gasteiger partial charge in [-0.15, -0.1) is 0 Å². The van der Waals surface area contributed by atoms with Crippen LogP contribution in [0, 0.1) is 12.8 Å². The Bertz CT molecular complexity index is 557. The van der Waals surface area contributed by atoms with Crippen molar-refractivity contribution in [1.82, 2.24) is 5.43 Å². The molecule has 1 aliphatic rings. The van der Waals surface area contributed by atoms with Crippen LogP contribution in [0.5, 0.6) is 0 Å². The summed E-state index contributed by atoms with van der Waals surface area (Å²) < 4.78 is 23.6. The summed E-state index contributed by atoms with van der Waals surface area (Å²) in [5, 5.41) is -0.221. The Labute approximate surface area is 121 Å². The van der Waals surface area contributed by atoms with Crippen LogP contribution in [-0.2, 0) is 9.84 Å². The minimum absolute atomic E-state index is 0.0285. The second kappa shape index (κ2) is 6.24. The van der Waals surface area contributed by atoms with Crippen LogP contribution >= 0.6 is 0 Å². The smallest absolute Gasteiger partial charge is 0.150 e. The summed E-state index contributed by atoms with van der Waals surface area (Å²) in [5.74, 6) is 6.03. The maximum atomic E-state index is 11.8. The fourth-order valence-electron chi connectivity index (χ4n) is 3.29. The van der Waals surface area contributed by atoms with Crippen LogP contribution in [0.25, 0.3) is 0 Å². The zero-order valence-electron chi connectivity index (χ0n) is 12.2. The molecule has 0 radical (unpaired) electrons. The van der Waals surface area contributed by atoms with Crippen LogP contribution in [0.1, 0.15) is 42.9 Å². The van der Waals surface area contributed by atoms with E-state index in [2.05, 4.69) is 24.5 Å². The first kappa shape index (κ1) is 15.5. The molecule has 1 fully saturated rings. The molecule has 0 bridgehead atoms. The summed E-state index contributed by atoms with van der Waals surface area (Å²) in [5.41, 5.74) is 5.27. The number of benzene rings is 1. The zero-order chi connectivity index (χ0) is 14.8. The number of aryl methyl sites for hydroxylation is 1. The zero-order valence-corrected chi connectivity index (χ0v) is 13.0. The van der Waals surface area contributed by atoms with Crippen LogP contribution in [0.2, 0.25) is 0 Å². The minimum atomic E-state index is -2.96. The molecule has 0 heterocycles. The lowest BCUT2D eigenvalue weighted by Crippen LogP contribution is -2.38. The number of hydrazine groups is 1. The standard InChI is InChI=1S/C15H24N2O2S/c1-11-6-3-4-9-14(11)15(17-16)12-7-5-8-13(10-12)20(2,18)19/h3-4,6,9,12-13,15,17H,5,7-8,10,16H2,1-2H3. The third-order valence-corrected chi connectivity index (χ3v) is 6.09. The Hall–Kier alpha value is -0.910. The molecule has 0 saturated heterocycles. The van der Waals surface area contributed by atoms with Crippen LogP contribution in [0.15, 0.2) is 24.3 Å². The molecule has 112 valence electrons. The van der Waals surface area contributed by atoms with Gasteiger partial charge in [0.15, 0.2) is 0 Å². The Kier molecular flexibility index (Phi) is 4.83. The van der Waals surface area contributed by atoms with Crippen LogP contribution in [0.4, 0.5) is 0 Å². The number of hydrogen-bond acceptors (Lipinski definition) is 4. The van der Waals surface area contributed by atoms with Crippen molar-refractivity contribution in [2.45, 2.75) is 43.9 Å². The molecule has 5 heteroatoms. The van der Waals surface area contributed by atoms with Crippen molar-refractivity contribution in [3.05, 3.63) is 35.4 Å². The highest BCUT2D eigenvalue weighted by Gasteiger charge is 2.33. The highest BCUT2D eigenvalue weighted by molar-refractivity contribution is 7.91. The van der Waals surface area contributed by atoms with Crippen LogP contribution in [-0.4, -0.2) is 19.9 Å². The van der Waals surface area contributed by atoms with Crippen molar-refractivity contribution >= 4 is 9.84 Å². The summed E-state index contributed by atoms with van der Waals surface area (Å²) in [6, 6.07) is 8.18. The topological polar surface area (TPSA) is 72.2 Å². The average Bonchev–Trinajstić information content (AvgIpc) is 2.41. The molecule has 0 aliphatic heterocycles. The molecule has 3 atom stereocenters. The quantitative estimate of drug-likeness (QED) is 0.659. The third-order valence-electron chi connectivity index (χ3n) is 4.45. The van der Waals surface area contributed by atoms with Gasteiger partial charge >= 0.3 is 0 Å². The van der Waals surface area contributed by atoms with Crippen LogP contribution < -0.4 is 11.3 Å². The summed E-state index contributed by atoms with van der Waals surface area (Å²) in [7, 11) is -2.96. The number of nitrogens with two attached hydrogens (primary N) is 1.